The number of piperidine rings is 1. The monoisotopic (exact) mass is 304 g/mol. The summed E-state index contributed by atoms with van der Waals surface area (Å²) in [6.07, 6.45) is -2.22. The topological polar surface area (TPSA) is 62.6 Å². The number of alkyl halides is 3. The van der Waals surface area contributed by atoms with E-state index in [1.54, 1.807) is 0 Å². The first-order chi connectivity index (χ1) is 9.79. The minimum absolute atomic E-state index is 0.0627. The first kappa shape index (κ1) is 15.4. The molecular weight excluding hydrogens is 289 g/mol. The molecule has 0 aliphatic carbocycles. The first-order valence-electron chi connectivity index (χ1n) is 6.46. The molecule has 0 spiro atoms. The van der Waals surface area contributed by atoms with Gasteiger partial charge in [0.05, 0.1) is 11.8 Å². The van der Waals surface area contributed by atoms with Gasteiger partial charge in [0, 0.05) is 19.5 Å². The van der Waals surface area contributed by atoms with Crippen LogP contribution >= 0.6 is 0 Å². The molecular formula is C13H15F3N2O3. The number of hydrogen-bond acceptors (Lipinski definition) is 3. The van der Waals surface area contributed by atoms with E-state index in [1.165, 1.54) is 19.3 Å². The summed E-state index contributed by atoms with van der Waals surface area (Å²) in [5, 5.41) is 2.56. The number of nitrogens with one attached hydrogen (secondary N) is 1. The van der Waals surface area contributed by atoms with Gasteiger partial charge in [0.2, 0.25) is 5.91 Å². The summed E-state index contributed by atoms with van der Waals surface area (Å²) in [7, 11) is 0. The van der Waals surface area contributed by atoms with Crippen LogP contribution < -0.4 is 5.32 Å². The molecule has 0 aromatic carbocycles. The number of amides is 2. The second-order valence-corrected chi connectivity index (χ2v) is 5.00. The number of halogens is 3. The van der Waals surface area contributed by atoms with Crippen LogP contribution in [0.2, 0.25) is 0 Å². The lowest BCUT2D eigenvalue weighted by Gasteiger charge is -2.40. The molecule has 2 atom stereocenters. The maximum absolute atomic E-state index is 13.1. The van der Waals surface area contributed by atoms with E-state index >= 15 is 0 Å². The van der Waals surface area contributed by atoms with Crippen molar-refractivity contribution in [2.45, 2.75) is 38.0 Å². The Morgan fingerprint density at radius 1 is 1.38 bits per heavy atom. The Hall–Kier alpha value is -1.99. The number of rotatable bonds is 2. The van der Waals surface area contributed by atoms with Gasteiger partial charge in [-0.1, -0.05) is 0 Å². The summed E-state index contributed by atoms with van der Waals surface area (Å²) in [5.74, 6) is -1.08. The van der Waals surface area contributed by atoms with Gasteiger partial charge in [-0.3, -0.25) is 9.59 Å². The van der Waals surface area contributed by atoms with Crippen molar-refractivity contribution in [3.63, 3.8) is 0 Å². The van der Waals surface area contributed by atoms with Gasteiger partial charge in [0.1, 0.15) is 12.3 Å². The molecule has 1 N–H and O–H groups in total. The molecule has 2 heterocycles. The van der Waals surface area contributed by atoms with Gasteiger partial charge in [-0.2, -0.15) is 13.2 Å². The van der Waals surface area contributed by atoms with E-state index in [4.69, 9.17) is 4.42 Å². The van der Waals surface area contributed by atoms with Crippen LogP contribution in [0.1, 0.15) is 30.1 Å². The van der Waals surface area contributed by atoms with Crippen LogP contribution in [-0.4, -0.2) is 41.5 Å². The molecule has 21 heavy (non-hydrogen) atoms. The minimum Gasteiger partial charge on any atom is -0.472 e. The van der Waals surface area contributed by atoms with Crippen LogP contribution in [0.3, 0.4) is 0 Å². The van der Waals surface area contributed by atoms with E-state index in [-0.39, 0.29) is 30.9 Å². The first-order valence-corrected chi connectivity index (χ1v) is 6.46. The zero-order valence-corrected chi connectivity index (χ0v) is 11.3. The summed E-state index contributed by atoms with van der Waals surface area (Å²) in [4.78, 5) is 24.0. The Balaban J connectivity index is 2.20. The molecule has 8 heteroatoms. The molecule has 1 fully saturated rings. The van der Waals surface area contributed by atoms with Crippen molar-refractivity contribution in [3.8, 4) is 0 Å². The second-order valence-electron chi connectivity index (χ2n) is 5.00. The molecule has 0 saturated carbocycles. The Kier molecular flexibility index (Phi) is 4.24. The predicted octanol–water partition coefficient (Wildman–Crippen LogP) is 1.95. The molecule has 1 aliphatic heterocycles. The van der Waals surface area contributed by atoms with E-state index < -0.39 is 24.2 Å². The number of carbonyl (C=O) groups is 2. The lowest BCUT2D eigenvalue weighted by atomic mass is 9.97. The van der Waals surface area contributed by atoms with E-state index in [2.05, 4.69) is 5.32 Å². The summed E-state index contributed by atoms with van der Waals surface area (Å²) in [6.45, 7) is 1.12. The van der Waals surface area contributed by atoms with Crippen molar-refractivity contribution in [2.24, 2.45) is 0 Å². The number of furan rings is 1. The zero-order chi connectivity index (χ0) is 15.6. The fourth-order valence-corrected chi connectivity index (χ4v) is 2.49. The van der Waals surface area contributed by atoms with Crippen LogP contribution in [0.15, 0.2) is 23.0 Å². The normalized spacial score (nSPS) is 23.0. The van der Waals surface area contributed by atoms with Gasteiger partial charge >= 0.3 is 6.18 Å². The maximum Gasteiger partial charge on any atom is 0.408 e. The summed E-state index contributed by atoms with van der Waals surface area (Å²) in [6, 6.07) is -1.00. The summed E-state index contributed by atoms with van der Waals surface area (Å²) >= 11 is 0. The van der Waals surface area contributed by atoms with Crippen LogP contribution in [0.4, 0.5) is 13.2 Å². The minimum atomic E-state index is -4.50. The van der Waals surface area contributed by atoms with Crippen molar-refractivity contribution in [3.05, 3.63) is 24.2 Å². The van der Waals surface area contributed by atoms with Crippen LogP contribution in [0, 0.1) is 0 Å². The van der Waals surface area contributed by atoms with E-state index in [0.717, 1.165) is 11.2 Å². The number of nitrogens with zero attached hydrogens (tertiary/aromatic N) is 1. The average molecular weight is 304 g/mol. The van der Waals surface area contributed by atoms with E-state index in [1.807, 2.05) is 0 Å². The highest BCUT2D eigenvalue weighted by molar-refractivity contribution is 5.94. The summed E-state index contributed by atoms with van der Waals surface area (Å²) in [5.41, 5.74) is 0.0627. The highest BCUT2D eigenvalue weighted by atomic mass is 19.4. The SMILES string of the molecule is CC(=O)N[C@@H]1CC[C@@H](C(F)(F)F)N(C(=O)c2ccoc2)C1. The summed E-state index contributed by atoms with van der Waals surface area (Å²) < 4.78 is 44.0. The molecule has 2 rings (SSSR count). The standard InChI is InChI=1S/C13H15F3N2O3/c1-8(19)17-10-2-3-11(13(14,15)16)18(6-10)12(20)9-4-5-21-7-9/h4-5,7,10-11H,2-3,6H2,1H3,(H,17,19)/t10-,11+/m1/s1. The Morgan fingerprint density at radius 2 is 2.10 bits per heavy atom. The molecule has 1 aliphatic rings. The highest BCUT2D eigenvalue weighted by Crippen LogP contribution is 2.33. The zero-order valence-electron chi connectivity index (χ0n) is 11.3. The Morgan fingerprint density at radius 3 is 2.62 bits per heavy atom. The van der Waals surface area contributed by atoms with Gasteiger partial charge < -0.3 is 14.6 Å². The molecule has 2 amide bonds. The van der Waals surface area contributed by atoms with Gasteiger partial charge in [-0.25, -0.2) is 0 Å². The van der Waals surface area contributed by atoms with Gasteiger partial charge in [-0.15, -0.1) is 0 Å². The van der Waals surface area contributed by atoms with Gasteiger partial charge in [-0.05, 0) is 18.9 Å². The van der Waals surface area contributed by atoms with Crippen LogP contribution in [-0.2, 0) is 4.79 Å². The fourth-order valence-electron chi connectivity index (χ4n) is 2.49. The fraction of sp³-hybridized carbons (Fsp3) is 0.538. The second kappa shape index (κ2) is 5.79. The number of hydrogen-bond donors (Lipinski definition) is 1. The third-order valence-corrected chi connectivity index (χ3v) is 3.40. The van der Waals surface area contributed by atoms with Crippen LogP contribution in [0.25, 0.3) is 0 Å². The lowest BCUT2D eigenvalue weighted by Crippen LogP contribution is -2.58. The molecule has 116 valence electrons. The Bertz CT molecular complexity index is 513. The molecule has 1 saturated heterocycles. The van der Waals surface area contributed by atoms with Crippen LogP contribution in [0.5, 0.6) is 0 Å². The number of carbonyl (C=O) groups excluding carboxylic acids is 2. The van der Waals surface area contributed by atoms with Gasteiger partial charge in [0.25, 0.3) is 5.91 Å². The maximum atomic E-state index is 13.1. The third kappa shape index (κ3) is 3.56. The molecule has 5 nitrogen and oxygen atoms in total. The highest BCUT2D eigenvalue weighted by Gasteiger charge is 2.48. The lowest BCUT2D eigenvalue weighted by molar-refractivity contribution is -0.184. The third-order valence-electron chi connectivity index (χ3n) is 3.40. The van der Waals surface area contributed by atoms with E-state index in [0.29, 0.717) is 0 Å². The molecule has 1 aromatic heterocycles. The molecule has 0 radical (unpaired) electrons. The van der Waals surface area contributed by atoms with Crippen molar-refractivity contribution in [1.82, 2.24) is 10.2 Å². The van der Waals surface area contributed by atoms with Crippen molar-refractivity contribution >= 4 is 11.8 Å². The van der Waals surface area contributed by atoms with Crippen molar-refractivity contribution in [1.29, 1.82) is 0 Å². The number of likely N-dealkylation sites (tertiary alicyclic amines) is 1. The molecule has 1 aromatic rings. The average Bonchev–Trinajstić information content (AvgIpc) is 2.89. The quantitative estimate of drug-likeness (QED) is 0.908. The predicted molar refractivity (Wildman–Crippen MR) is 66.4 cm³/mol. The van der Waals surface area contributed by atoms with Gasteiger partial charge in [0.15, 0.2) is 0 Å². The molecule has 0 unspecified atom stereocenters. The van der Waals surface area contributed by atoms with E-state index in [9.17, 15) is 22.8 Å². The van der Waals surface area contributed by atoms with Crippen molar-refractivity contribution in [2.75, 3.05) is 6.54 Å². The Labute approximate surface area is 119 Å². The largest absolute Gasteiger partial charge is 0.472 e. The van der Waals surface area contributed by atoms with Crippen molar-refractivity contribution < 1.29 is 27.2 Å². The smallest absolute Gasteiger partial charge is 0.408 e. The molecule has 0 bridgehead atoms.